The van der Waals surface area contributed by atoms with Gasteiger partial charge in [0.2, 0.25) is 15.9 Å². The number of carbonyl (C=O) groups excluding carboxylic acids is 1. The monoisotopic (exact) mass is 447 g/mol. The molecule has 0 spiro atoms. The molecule has 1 saturated heterocycles. The van der Waals surface area contributed by atoms with Crippen LogP contribution in [0.4, 0.5) is 5.82 Å². The molecule has 0 bridgehead atoms. The number of rotatable bonds is 7. The van der Waals surface area contributed by atoms with Gasteiger partial charge in [-0.3, -0.25) is 4.79 Å². The summed E-state index contributed by atoms with van der Waals surface area (Å²) < 4.78 is 33.0. The molecule has 1 aliphatic heterocycles. The number of amides is 1. The van der Waals surface area contributed by atoms with Gasteiger partial charge in [0.25, 0.3) is 0 Å². The molecular weight excluding hydrogens is 418 g/mol. The van der Waals surface area contributed by atoms with E-state index in [-0.39, 0.29) is 16.7 Å². The first-order chi connectivity index (χ1) is 14.7. The molecule has 1 amide bonds. The summed E-state index contributed by atoms with van der Waals surface area (Å²) in [5, 5.41) is 3.03. The molecule has 31 heavy (non-hydrogen) atoms. The summed E-state index contributed by atoms with van der Waals surface area (Å²) in [5.41, 5.74) is 0.779. The Labute approximate surface area is 183 Å². The van der Waals surface area contributed by atoms with E-state index in [4.69, 9.17) is 4.74 Å². The fraction of sp³-hybridized carbons (Fsp3) is 0.476. The molecule has 1 atom stereocenters. The molecule has 0 saturated carbocycles. The van der Waals surface area contributed by atoms with Crippen LogP contribution in [0.25, 0.3) is 0 Å². The van der Waals surface area contributed by atoms with E-state index in [1.807, 2.05) is 6.07 Å². The summed E-state index contributed by atoms with van der Waals surface area (Å²) in [6.07, 6.45) is 1.57. The summed E-state index contributed by atoms with van der Waals surface area (Å²) in [6.45, 7) is 2.59. The second kappa shape index (κ2) is 9.61. The molecule has 2 aromatic rings. The number of aromatic nitrogens is 2. The fourth-order valence-electron chi connectivity index (χ4n) is 3.55. The topological polar surface area (TPSA) is 105 Å². The van der Waals surface area contributed by atoms with Crippen molar-refractivity contribution in [1.29, 1.82) is 0 Å². The maximum Gasteiger partial charge on any atom is 0.243 e. The predicted molar refractivity (Wildman–Crippen MR) is 117 cm³/mol. The fourth-order valence-corrected chi connectivity index (χ4v) is 5.07. The van der Waals surface area contributed by atoms with Gasteiger partial charge in [0, 0.05) is 46.1 Å². The molecule has 10 heteroatoms. The molecule has 1 aromatic carbocycles. The molecule has 1 aromatic heterocycles. The highest BCUT2D eigenvalue weighted by atomic mass is 32.2. The molecule has 3 rings (SSSR count). The maximum absolute atomic E-state index is 13.2. The number of hydrogen-bond donors (Lipinski definition) is 1. The van der Waals surface area contributed by atoms with Gasteiger partial charge in [0.15, 0.2) is 0 Å². The highest BCUT2D eigenvalue weighted by Crippen LogP contribution is 2.31. The van der Waals surface area contributed by atoms with Crippen molar-refractivity contribution < 1.29 is 17.9 Å². The van der Waals surface area contributed by atoms with Crippen LogP contribution in [0.3, 0.4) is 0 Å². The van der Waals surface area contributed by atoms with Crippen molar-refractivity contribution in [1.82, 2.24) is 19.2 Å². The zero-order valence-corrected chi connectivity index (χ0v) is 19.1. The van der Waals surface area contributed by atoms with Crippen LogP contribution in [0, 0.1) is 0 Å². The molecule has 1 fully saturated rings. The van der Waals surface area contributed by atoms with Crippen molar-refractivity contribution in [2.75, 3.05) is 39.6 Å². The lowest BCUT2D eigenvalue weighted by Gasteiger charge is -2.32. The quantitative estimate of drug-likeness (QED) is 0.693. The van der Waals surface area contributed by atoms with Crippen LogP contribution in [-0.4, -0.2) is 67.8 Å². The first kappa shape index (κ1) is 23.0. The zero-order valence-electron chi connectivity index (χ0n) is 18.3. The number of nitrogens with one attached hydrogen (secondary N) is 1. The molecule has 0 radical (unpaired) electrons. The number of hydrogen-bond acceptors (Lipinski definition) is 7. The number of methoxy groups -OCH3 is 1. The SMILES string of the molecule is CNc1cc([C@@H]2CCCN(S(=O)(=O)c3ccc(OC)cc3)C2)nc(CN(C)C(C)=O)n1. The molecule has 0 aliphatic carbocycles. The number of anilines is 1. The highest BCUT2D eigenvalue weighted by Gasteiger charge is 2.32. The smallest absolute Gasteiger partial charge is 0.243 e. The van der Waals surface area contributed by atoms with E-state index in [2.05, 4.69) is 15.3 Å². The van der Waals surface area contributed by atoms with Crippen LogP contribution in [0.2, 0.25) is 0 Å². The van der Waals surface area contributed by atoms with Crippen molar-refractivity contribution in [2.24, 2.45) is 0 Å². The molecule has 1 N–H and O–H groups in total. The molecule has 168 valence electrons. The van der Waals surface area contributed by atoms with Gasteiger partial charge in [0.05, 0.1) is 24.2 Å². The van der Waals surface area contributed by atoms with Crippen LogP contribution in [0.1, 0.15) is 37.2 Å². The van der Waals surface area contributed by atoms with Crippen LogP contribution in [0.15, 0.2) is 35.2 Å². The maximum atomic E-state index is 13.2. The number of ether oxygens (including phenoxy) is 1. The number of benzene rings is 1. The normalized spacial score (nSPS) is 17.2. The van der Waals surface area contributed by atoms with Crippen molar-refractivity contribution >= 4 is 21.7 Å². The van der Waals surface area contributed by atoms with Gasteiger partial charge in [0.1, 0.15) is 17.4 Å². The second-order valence-electron chi connectivity index (χ2n) is 7.60. The Morgan fingerprint density at radius 3 is 2.61 bits per heavy atom. The lowest BCUT2D eigenvalue weighted by Crippen LogP contribution is -2.39. The molecule has 2 heterocycles. The number of nitrogens with zero attached hydrogens (tertiary/aromatic N) is 4. The zero-order chi connectivity index (χ0) is 22.6. The van der Waals surface area contributed by atoms with Gasteiger partial charge < -0.3 is 15.0 Å². The average Bonchev–Trinajstić information content (AvgIpc) is 2.78. The second-order valence-corrected chi connectivity index (χ2v) is 9.54. The van der Waals surface area contributed by atoms with Crippen LogP contribution in [-0.2, 0) is 21.4 Å². The van der Waals surface area contributed by atoms with Gasteiger partial charge in [-0.15, -0.1) is 0 Å². The minimum absolute atomic E-state index is 0.0572. The Morgan fingerprint density at radius 2 is 2.00 bits per heavy atom. The Kier molecular flexibility index (Phi) is 7.11. The van der Waals surface area contributed by atoms with Gasteiger partial charge >= 0.3 is 0 Å². The highest BCUT2D eigenvalue weighted by molar-refractivity contribution is 7.89. The summed E-state index contributed by atoms with van der Waals surface area (Å²) in [4.78, 5) is 22.5. The van der Waals surface area contributed by atoms with E-state index in [1.165, 1.54) is 11.2 Å². The van der Waals surface area contributed by atoms with Gasteiger partial charge in [-0.1, -0.05) is 0 Å². The van der Waals surface area contributed by atoms with Gasteiger partial charge in [-0.05, 0) is 37.1 Å². The average molecular weight is 448 g/mol. The van der Waals surface area contributed by atoms with Crippen molar-refractivity contribution in [2.45, 2.75) is 37.1 Å². The van der Waals surface area contributed by atoms with E-state index in [1.54, 1.807) is 50.4 Å². The Hall–Kier alpha value is -2.72. The van der Waals surface area contributed by atoms with E-state index in [0.717, 1.165) is 18.5 Å². The molecule has 9 nitrogen and oxygen atoms in total. The Bertz CT molecular complexity index is 1030. The van der Waals surface area contributed by atoms with Crippen molar-refractivity contribution in [3.63, 3.8) is 0 Å². The van der Waals surface area contributed by atoms with E-state index in [9.17, 15) is 13.2 Å². The summed E-state index contributed by atoms with van der Waals surface area (Å²) in [5.74, 6) is 1.65. The number of carbonyl (C=O) groups is 1. The predicted octanol–water partition coefficient (Wildman–Crippen LogP) is 2.07. The lowest BCUT2D eigenvalue weighted by atomic mass is 9.96. The molecule has 1 aliphatic rings. The van der Waals surface area contributed by atoms with E-state index < -0.39 is 10.0 Å². The van der Waals surface area contributed by atoms with E-state index in [0.29, 0.717) is 37.0 Å². The largest absolute Gasteiger partial charge is 0.497 e. The van der Waals surface area contributed by atoms with Crippen LogP contribution < -0.4 is 10.1 Å². The van der Waals surface area contributed by atoms with Crippen LogP contribution in [0.5, 0.6) is 5.75 Å². The first-order valence-corrected chi connectivity index (χ1v) is 11.6. The number of sulfonamides is 1. The third-order valence-corrected chi connectivity index (χ3v) is 7.34. The summed E-state index contributed by atoms with van der Waals surface area (Å²) in [7, 11) is 1.39. The van der Waals surface area contributed by atoms with Crippen molar-refractivity contribution in [3.8, 4) is 5.75 Å². The Balaban J connectivity index is 1.84. The molecule has 0 unspecified atom stereocenters. The standard InChI is InChI=1S/C21H29N5O4S/c1-15(27)25(3)14-21-23-19(12-20(22-2)24-21)16-6-5-11-26(13-16)31(28,29)18-9-7-17(30-4)8-10-18/h7-10,12,16H,5-6,11,13-14H2,1-4H3,(H,22,23,24)/t16-/m1/s1. The summed E-state index contributed by atoms with van der Waals surface area (Å²) >= 11 is 0. The lowest BCUT2D eigenvalue weighted by molar-refractivity contribution is -0.128. The van der Waals surface area contributed by atoms with Crippen LogP contribution >= 0.6 is 0 Å². The number of piperidine rings is 1. The van der Waals surface area contributed by atoms with Gasteiger partial charge in [-0.25, -0.2) is 18.4 Å². The van der Waals surface area contributed by atoms with Gasteiger partial charge in [-0.2, -0.15) is 4.31 Å². The third-order valence-electron chi connectivity index (χ3n) is 5.46. The Morgan fingerprint density at radius 1 is 1.29 bits per heavy atom. The third kappa shape index (κ3) is 5.31. The first-order valence-electron chi connectivity index (χ1n) is 10.2. The minimum Gasteiger partial charge on any atom is -0.497 e. The minimum atomic E-state index is -3.62. The summed E-state index contributed by atoms with van der Waals surface area (Å²) in [6, 6.07) is 8.28. The van der Waals surface area contributed by atoms with Crippen molar-refractivity contribution in [3.05, 3.63) is 41.9 Å². The van der Waals surface area contributed by atoms with E-state index >= 15 is 0 Å². The molecular formula is C21H29N5O4S.